The van der Waals surface area contributed by atoms with Crippen molar-refractivity contribution in [2.24, 2.45) is 0 Å². The summed E-state index contributed by atoms with van der Waals surface area (Å²) >= 11 is 0. The topological polar surface area (TPSA) is 105 Å². The molecular weight excluding hydrogens is 466 g/mol. The van der Waals surface area contributed by atoms with Crippen molar-refractivity contribution in [1.82, 2.24) is 5.32 Å². The molecular formula is C26H27N3O5S. The average molecular weight is 494 g/mol. The van der Waals surface area contributed by atoms with E-state index >= 15 is 0 Å². The summed E-state index contributed by atoms with van der Waals surface area (Å²) in [6.45, 7) is 1.74. The molecule has 1 fully saturated rings. The van der Waals surface area contributed by atoms with Gasteiger partial charge in [0.15, 0.2) is 0 Å². The van der Waals surface area contributed by atoms with E-state index in [4.69, 9.17) is 4.74 Å². The fourth-order valence-electron chi connectivity index (χ4n) is 3.58. The lowest BCUT2D eigenvalue weighted by Gasteiger charge is -2.22. The van der Waals surface area contributed by atoms with Crippen molar-refractivity contribution in [2.75, 3.05) is 23.8 Å². The van der Waals surface area contributed by atoms with Gasteiger partial charge in [0.05, 0.1) is 17.7 Å². The van der Waals surface area contributed by atoms with Gasteiger partial charge in [-0.3, -0.25) is 13.9 Å². The van der Waals surface area contributed by atoms with E-state index in [0.717, 1.165) is 17.1 Å². The van der Waals surface area contributed by atoms with E-state index in [1.807, 2.05) is 0 Å². The SMILES string of the molecule is COc1ccccc1N(C)S(=O)(=O)c1ccc(C)c(C(=O)Nc2ccc(C(=O)NC3CC3)cc2)c1. The summed E-state index contributed by atoms with van der Waals surface area (Å²) in [5.41, 5.74) is 2.25. The summed E-state index contributed by atoms with van der Waals surface area (Å²) in [6, 6.07) is 18.1. The van der Waals surface area contributed by atoms with Gasteiger partial charge in [-0.15, -0.1) is 0 Å². The van der Waals surface area contributed by atoms with Gasteiger partial charge in [-0.05, 0) is 73.9 Å². The molecule has 182 valence electrons. The summed E-state index contributed by atoms with van der Waals surface area (Å²) in [5.74, 6) is -0.175. The number of nitrogens with zero attached hydrogens (tertiary/aromatic N) is 1. The highest BCUT2D eigenvalue weighted by molar-refractivity contribution is 7.92. The highest BCUT2D eigenvalue weighted by Crippen LogP contribution is 2.31. The fraction of sp³-hybridized carbons (Fsp3) is 0.231. The fourth-order valence-corrected chi connectivity index (χ4v) is 4.82. The van der Waals surface area contributed by atoms with Crippen molar-refractivity contribution in [1.29, 1.82) is 0 Å². The van der Waals surface area contributed by atoms with Gasteiger partial charge in [-0.25, -0.2) is 8.42 Å². The summed E-state index contributed by atoms with van der Waals surface area (Å²) in [6.07, 6.45) is 2.01. The van der Waals surface area contributed by atoms with Crippen molar-refractivity contribution >= 4 is 33.2 Å². The van der Waals surface area contributed by atoms with Crippen LogP contribution < -0.4 is 19.7 Å². The Hall–Kier alpha value is -3.85. The lowest BCUT2D eigenvalue weighted by Crippen LogP contribution is -2.27. The molecule has 0 heterocycles. The number of carbonyl (C=O) groups excluding carboxylic acids is 2. The standard InChI is InChI=1S/C26H27N3O5S/c1-17-8-15-21(35(32,33)29(2)23-6-4-5-7-24(23)34-3)16-22(17)26(31)28-19-11-9-18(10-12-19)25(30)27-20-13-14-20/h4-12,15-16,20H,13-14H2,1-3H3,(H,27,30)(H,28,31). The van der Waals surface area contributed by atoms with Crippen LogP contribution in [0.1, 0.15) is 39.1 Å². The average Bonchev–Trinajstić information content (AvgIpc) is 3.68. The molecule has 0 radical (unpaired) electrons. The molecule has 3 aromatic carbocycles. The molecule has 0 spiro atoms. The molecule has 2 amide bonds. The summed E-state index contributed by atoms with van der Waals surface area (Å²) < 4.78 is 33.1. The van der Waals surface area contributed by atoms with Crippen LogP contribution in [-0.4, -0.2) is 40.4 Å². The Morgan fingerprint density at radius 1 is 0.971 bits per heavy atom. The molecule has 8 nitrogen and oxygen atoms in total. The Morgan fingerprint density at radius 3 is 2.31 bits per heavy atom. The van der Waals surface area contributed by atoms with Crippen LogP contribution in [0.2, 0.25) is 0 Å². The summed E-state index contributed by atoms with van der Waals surface area (Å²) in [5, 5.41) is 5.69. The lowest BCUT2D eigenvalue weighted by molar-refractivity contribution is 0.0950. The van der Waals surface area contributed by atoms with E-state index in [2.05, 4.69) is 10.6 Å². The molecule has 1 aliphatic rings. The summed E-state index contributed by atoms with van der Waals surface area (Å²) in [4.78, 5) is 25.1. The first-order valence-electron chi connectivity index (χ1n) is 11.2. The third kappa shape index (κ3) is 5.30. The Bertz CT molecular complexity index is 1370. The van der Waals surface area contributed by atoms with Crippen LogP contribution in [0.5, 0.6) is 5.75 Å². The van der Waals surface area contributed by atoms with E-state index in [-0.39, 0.29) is 22.4 Å². The van der Waals surface area contributed by atoms with Crippen LogP contribution in [0.4, 0.5) is 11.4 Å². The molecule has 3 aromatic rings. The largest absolute Gasteiger partial charge is 0.495 e. The second-order valence-electron chi connectivity index (χ2n) is 8.40. The van der Waals surface area contributed by atoms with E-state index in [0.29, 0.717) is 28.3 Å². The highest BCUT2D eigenvalue weighted by atomic mass is 32.2. The van der Waals surface area contributed by atoms with Crippen LogP contribution in [0.25, 0.3) is 0 Å². The van der Waals surface area contributed by atoms with E-state index in [1.165, 1.54) is 26.3 Å². The molecule has 1 aliphatic carbocycles. The molecule has 0 aliphatic heterocycles. The molecule has 35 heavy (non-hydrogen) atoms. The molecule has 0 aromatic heterocycles. The highest BCUT2D eigenvalue weighted by Gasteiger charge is 2.26. The number of amides is 2. The van der Waals surface area contributed by atoms with Gasteiger partial charge >= 0.3 is 0 Å². The normalized spacial score (nSPS) is 13.1. The second-order valence-corrected chi connectivity index (χ2v) is 10.4. The molecule has 4 rings (SSSR count). The molecule has 0 saturated heterocycles. The van der Waals surface area contributed by atoms with Gasteiger partial charge in [0.2, 0.25) is 0 Å². The molecule has 0 unspecified atom stereocenters. The third-order valence-electron chi connectivity index (χ3n) is 5.85. The maximum absolute atomic E-state index is 13.3. The Kier molecular flexibility index (Phi) is 6.79. The second kappa shape index (κ2) is 9.79. The Labute approximate surface area is 205 Å². The number of hydrogen-bond donors (Lipinski definition) is 2. The minimum Gasteiger partial charge on any atom is -0.495 e. The number of sulfonamides is 1. The van der Waals surface area contributed by atoms with Gasteiger partial charge in [0.1, 0.15) is 5.75 Å². The number of nitrogens with one attached hydrogen (secondary N) is 2. The first-order valence-corrected chi connectivity index (χ1v) is 12.6. The number of para-hydroxylation sites is 2. The molecule has 0 bridgehead atoms. The lowest BCUT2D eigenvalue weighted by atomic mass is 10.1. The minimum atomic E-state index is -3.96. The quantitative estimate of drug-likeness (QED) is 0.494. The van der Waals surface area contributed by atoms with Crippen molar-refractivity contribution < 1.29 is 22.7 Å². The minimum absolute atomic E-state index is 0.0197. The van der Waals surface area contributed by atoms with Gasteiger partial charge in [-0.2, -0.15) is 0 Å². The maximum Gasteiger partial charge on any atom is 0.264 e. The van der Waals surface area contributed by atoms with E-state index in [1.54, 1.807) is 61.5 Å². The number of aryl methyl sites for hydroxylation is 1. The van der Waals surface area contributed by atoms with Crippen LogP contribution in [0, 0.1) is 6.92 Å². The van der Waals surface area contributed by atoms with Crippen LogP contribution in [0.15, 0.2) is 71.6 Å². The Morgan fingerprint density at radius 2 is 1.66 bits per heavy atom. The van der Waals surface area contributed by atoms with Crippen molar-refractivity contribution in [2.45, 2.75) is 30.7 Å². The number of hydrogen-bond acceptors (Lipinski definition) is 5. The van der Waals surface area contributed by atoms with E-state index < -0.39 is 15.9 Å². The zero-order valence-electron chi connectivity index (χ0n) is 19.7. The maximum atomic E-state index is 13.3. The predicted molar refractivity (Wildman–Crippen MR) is 135 cm³/mol. The number of benzene rings is 3. The van der Waals surface area contributed by atoms with Gasteiger partial charge in [0.25, 0.3) is 21.8 Å². The van der Waals surface area contributed by atoms with Crippen molar-refractivity contribution in [3.05, 3.63) is 83.4 Å². The number of rotatable bonds is 8. The van der Waals surface area contributed by atoms with Crippen molar-refractivity contribution in [3.63, 3.8) is 0 Å². The first-order chi connectivity index (χ1) is 16.7. The number of methoxy groups -OCH3 is 1. The van der Waals surface area contributed by atoms with Crippen molar-refractivity contribution in [3.8, 4) is 5.75 Å². The van der Waals surface area contributed by atoms with Gasteiger partial charge in [-0.1, -0.05) is 18.2 Å². The molecule has 0 atom stereocenters. The number of ether oxygens (including phenoxy) is 1. The Balaban J connectivity index is 1.54. The van der Waals surface area contributed by atoms with E-state index in [9.17, 15) is 18.0 Å². The zero-order valence-corrected chi connectivity index (χ0v) is 20.6. The summed E-state index contributed by atoms with van der Waals surface area (Å²) in [7, 11) is -1.05. The number of carbonyl (C=O) groups is 2. The molecule has 2 N–H and O–H groups in total. The first kappa shape index (κ1) is 24.3. The number of anilines is 2. The third-order valence-corrected chi connectivity index (χ3v) is 7.62. The van der Waals surface area contributed by atoms with Gasteiger partial charge in [0, 0.05) is 29.9 Å². The molecule has 1 saturated carbocycles. The van der Waals surface area contributed by atoms with Gasteiger partial charge < -0.3 is 15.4 Å². The zero-order chi connectivity index (χ0) is 25.2. The predicted octanol–water partition coefficient (Wildman–Crippen LogP) is 3.97. The van der Waals surface area contributed by atoms with Crippen LogP contribution >= 0.6 is 0 Å². The molecule has 9 heteroatoms. The van der Waals surface area contributed by atoms with Crippen LogP contribution in [0.3, 0.4) is 0 Å². The monoisotopic (exact) mass is 493 g/mol. The van der Waals surface area contributed by atoms with Crippen LogP contribution in [-0.2, 0) is 10.0 Å². The smallest absolute Gasteiger partial charge is 0.264 e.